The van der Waals surface area contributed by atoms with Crippen molar-refractivity contribution in [2.75, 3.05) is 18.5 Å². The van der Waals surface area contributed by atoms with Crippen molar-refractivity contribution < 1.29 is 15.0 Å². The molecule has 0 saturated carbocycles. The van der Waals surface area contributed by atoms with Gasteiger partial charge >= 0.3 is 0 Å². The number of anilines is 1. The van der Waals surface area contributed by atoms with Crippen molar-refractivity contribution >= 4 is 23.3 Å². The molecule has 0 bridgehead atoms. The van der Waals surface area contributed by atoms with Gasteiger partial charge in [0.05, 0.1) is 11.3 Å². The minimum absolute atomic E-state index is 0.0252. The van der Waals surface area contributed by atoms with E-state index < -0.39 is 5.91 Å². The lowest BCUT2D eigenvalue weighted by Gasteiger charge is -2.13. The van der Waals surface area contributed by atoms with Crippen LogP contribution in [-0.2, 0) is 0 Å². The zero-order valence-electron chi connectivity index (χ0n) is 15.0. The molecule has 0 aliphatic carbocycles. The van der Waals surface area contributed by atoms with E-state index in [2.05, 4.69) is 10.3 Å². The van der Waals surface area contributed by atoms with Crippen molar-refractivity contribution in [1.29, 1.82) is 0 Å². The van der Waals surface area contributed by atoms with Crippen molar-refractivity contribution in [3.63, 3.8) is 0 Å². The summed E-state index contributed by atoms with van der Waals surface area (Å²) in [5.74, 6) is -0.294. The van der Waals surface area contributed by atoms with Gasteiger partial charge in [-0.05, 0) is 48.4 Å². The third kappa shape index (κ3) is 4.42. The predicted molar refractivity (Wildman–Crippen MR) is 110 cm³/mol. The number of primary amides is 1. The molecule has 144 valence electrons. The van der Waals surface area contributed by atoms with E-state index in [9.17, 15) is 9.90 Å². The average Bonchev–Trinajstić information content (AvgIpc) is 2.68. The Balaban J connectivity index is 2.11. The number of carbonyl (C=O) groups is 1. The first-order valence-electron chi connectivity index (χ1n) is 8.74. The number of aromatic hydroxyl groups is 1. The summed E-state index contributed by atoms with van der Waals surface area (Å²) in [4.78, 5) is 16.2. The van der Waals surface area contributed by atoms with Crippen molar-refractivity contribution in [3.8, 4) is 28.1 Å². The number of nitrogens with one attached hydrogen (secondary N) is 1. The first-order valence-corrected chi connectivity index (χ1v) is 9.12. The lowest BCUT2D eigenvalue weighted by Crippen LogP contribution is -2.11. The molecule has 7 heteroatoms. The molecule has 3 aromatic rings. The van der Waals surface area contributed by atoms with Crippen molar-refractivity contribution in [2.45, 2.75) is 6.42 Å². The SMILES string of the molecule is NC(=O)c1cc(-c2cc(-c3ccccc3Cl)cc(NCCCO)n2)ccc1O. The highest BCUT2D eigenvalue weighted by atomic mass is 35.5. The Morgan fingerprint density at radius 1 is 1.11 bits per heavy atom. The van der Waals surface area contributed by atoms with Crippen LogP contribution >= 0.6 is 11.6 Å². The maximum absolute atomic E-state index is 11.6. The summed E-state index contributed by atoms with van der Waals surface area (Å²) in [5, 5.41) is 22.6. The molecule has 3 rings (SSSR count). The maximum atomic E-state index is 11.6. The fourth-order valence-electron chi connectivity index (χ4n) is 2.81. The number of hydrogen-bond acceptors (Lipinski definition) is 5. The van der Waals surface area contributed by atoms with Crippen LogP contribution in [-0.4, -0.2) is 34.3 Å². The lowest BCUT2D eigenvalue weighted by molar-refractivity contribution is 0.0998. The number of carbonyl (C=O) groups excluding carboxylic acids is 1. The Kier molecular flexibility index (Phi) is 6.13. The molecule has 0 aliphatic rings. The van der Waals surface area contributed by atoms with Crippen LogP contribution in [0.3, 0.4) is 0 Å². The molecular formula is C21H20ClN3O3. The van der Waals surface area contributed by atoms with Crippen LogP contribution in [0, 0.1) is 0 Å². The fourth-order valence-corrected chi connectivity index (χ4v) is 3.05. The number of benzene rings is 2. The molecule has 6 nitrogen and oxygen atoms in total. The molecule has 5 N–H and O–H groups in total. The van der Waals surface area contributed by atoms with Gasteiger partial charge in [-0.25, -0.2) is 4.98 Å². The summed E-state index contributed by atoms with van der Waals surface area (Å²) in [5.41, 5.74) is 8.27. The second-order valence-corrected chi connectivity index (χ2v) is 6.61. The van der Waals surface area contributed by atoms with Gasteiger partial charge in [-0.15, -0.1) is 0 Å². The second kappa shape index (κ2) is 8.73. The van der Waals surface area contributed by atoms with Gasteiger partial charge in [-0.1, -0.05) is 29.8 Å². The molecule has 0 unspecified atom stereocenters. The van der Waals surface area contributed by atoms with E-state index >= 15 is 0 Å². The minimum atomic E-state index is -0.720. The molecule has 2 aromatic carbocycles. The number of amides is 1. The van der Waals surface area contributed by atoms with Gasteiger partial charge in [0.25, 0.3) is 5.91 Å². The van der Waals surface area contributed by atoms with Crippen molar-refractivity contribution in [1.82, 2.24) is 4.98 Å². The van der Waals surface area contributed by atoms with Crippen LogP contribution in [0.4, 0.5) is 5.82 Å². The van der Waals surface area contributed by atoms with Crippen molar-refractivity contribution in [3.05, 3.63) is 65.2 Å². The standard InChI is InChI=1S/C21H20ClN3O3/c22-17-5-2-1-4-15(17)14-11-18(25-20(12-14)24-8-3-9-26)13-6-7-19(27)16(10-13)21(23)28/h1-2,4-7,10-12,26-27H,3,8-9H2,(H2,23,28)(H,24,25). The largest absolute Gasteiger partial charge is 0.507 e. The topological polar surface area (TPSA) is 108 Å². The monoisotopic (exact) mass is 397 g/mol. The lowest BCUT2D eigenvalue weighted by atomic mass is 10.0. The summed E-state index contributed by atoms with van der Waals surface area (Å²) in [6.07, 6.45) is 0.582. The van der Waals surface area contributed by atoms with Crippen LogP contribution < -0.4 is 11.1 Å². The molecule has 0 saturated heterocycles. The number of nitrogens with two attached hydrogens (primary N) is 1. The van der Waals surface area contributed by atoms with Crippen LogP contribution in [0.25, 0.3) is 22.4 Å². The Morgan fingerprint density at radius 3 is 2.61 bits per heavy atom. The molecule has 0 aliphatic heterocycles. The van der Waals surface area contributed by atoms with E-state index in [1.807, 2.05) is 36.4 Å². The normalized spacial score (nSPS) is 10.6. The summed E-state index contributed by atoms with van der Waals surface area (Å²) in [6, 6.07) is 15.8. The van der Waals surface area contributed by atoms with Crippen LogP contribution in [0.1, 0.15) is 16.8 Å². The smallest absolute Gasteiger partial charge is 0.252 e. The van der Waals surface area contributed by atoms with E-state index in [4.69, 9.17) is 22.4 Å². The molecule has 0 spiro atoms. The third-order valence-corrected chi connectivity index (χ3v) is 4.54. The zero-order valence-corrected chi connectivity index (χ0v) is 15.8. The Labute approximate surface area is 167 Å². The average molecular weight is 398 g/mol. The highest BCUT2D eigenvalue weighted by Gasteiger charge is 2.13. The molecule has 1 aromatic heterocycles. The van der Waals surface area contributed by atoms with Crippen LogP contribution in [0.5, 0.6) is 5.75 Å². The fraction of sp³-hybridized carbons (Fsp3) is 0.143. The number of aromatic nitrogens is 1. The van der Waals surface area contributed by atoms with E-state index in [0.717, 1.165) is 11.1 Å². The maximum Gasteiger partial charge on any atom is 0.252 e. The van der Waals surface area contributed by atoms with Crippen molar-refractivity contribution in [2.24, 2.45) is 5.73 Å². The Bertz CT molecular complexity index is 1010. The van der Waals surface area contributed by atoms with Crippen LogP contribution in [0.15, 0.2) is 54.6 Å². The van der Waals surface area contributed by atoms with E-state index in [-0.39, 0.29) is 17.9 Å². The molecule has 1 heterocycles. The minimum Gasteiger partial charge on any atom is -0.507 e. The van der Waals surface area contributed by atoms with Gasteiger partial charge in [0.15, 0.2) is 0 Å². The zero-order chi connectivity index (χ0) is 20.1. The van der Waals surface area contributed by atoms with Gasteiger partial charge in [0.1, 0.15) is 11.6 Å². The Morgan fingerprint density at radius 2 is 1.89 bits per heavy atom. The number of nitrogens with zero attached hydrogens (tertiary/aromatic N) is 1. The number of pyridine rings is 1. The molecule has 28 heavy (non-hydrogen) atoms. The quantitative estimate of drug-likeness (QED) is 0.455. The first-order chi connectivity index (χ1) is 13.5. The molecule has 0 atom stereocenters. The summed E-state index contributed by atoms with van der Waals surface area (Å²) in [6.45, 7) is 0.626. The number of aliphatic hydroxyl groups is 1. The first kappa shape index (κ1) is 19.7. The molecular weight excluding hydrogens is 378 g/mol. The molecule has 0 radical (unpaired) electrons. The summed E-state index contributed by atoms with van der Waals surface area (Å²) < 4.78 is 0. The van der Waals surface area contributed by atoms with Gasteiger partial charge in [0, 0.05) is 29.3 Å². The molecule has 0 fully saturated rings. The number of aliphatic hydroxyl groups excluding tert-OH is 1. The van der Waals surface area contributed by atoms with Crippen LogP contribution in [0.2, 0.25) is 5.02 Å². The highest BCUT2D eigenvalue weighted by molar-refractivity contribution is 6.33. The van der Waals surface area contributed by atoms with Gasteiger partial charge in [0.2, 0.25) is 0 Å². The number of hydrogen-bond donors (Lipinski definition) is 4. The van der Waals surface area contributed by atoms with E-state index in [1.165, 1.54) is 12.1 Å². The third-order valence-electron chi connectivity index (χ3n) is 4.21. The Hall–Kier alpha value is -3.09. The number of rotatable bonds is 7. The molecule has 1 amide bonds. The van der Waals surface area contributed by atoms with Gasteiger partial charge in [-0.3, -0.25) is 4.79 Å². The van der Waals surface area contributed by atoms with Gasteiger partial charge < -0.3 is 21.3 Å². The second-order valence-electron chi connectivity index (χ2n) is 6.21. The number of halogens is 1. The predicted octanol–water partition coefficient (Wildman–Crippen LogP) is 3.67. The van der Waals surface area contributed by atoms with E-state index in [1.54, 1.807) is 6.07 Å². The number of phenols is 1. The van der Waals surface area contributed by atoms with E-state index in [0.29, 0.717) is 35.1 Å². The summed E-state index contributed by atoms with van der Waals surface area (Å²) in [7, 11) is 0. The summed E-state index contributed by atoms with van der Waals surface area (Å²) >= 11 is 6.36. The highest BCUT2D eigenvalue weighted by Crippen LogP contribution is 2.33. The van der Waals surface area contributed by atoms with Gasteiger partial charge in [-0.2, -0.15) is 0 Å².